The summed E-state index contributed by atoms with van der Waals surface area (Å²) in [5.41, 5.74) is 6.71. The van der Waals surface area contributed by atoms with Crippen LogP contribution in [0.5, 0.6) is 0 Å². The SMILES string of the molecule is NCCCN(Cc1cccnc1)c1ncccn1. The van der Waals surface area contributed by atoms with E-state index < -0.39 is 0 Å². The molecular weight excluding hydrogens is 226 g/mol. The molecule has 2 N–H and O–H groups in total. The molecule has 94 valence electrons. The highest BCUT2D eigenvalue weighted by molar-refractivity contribution is 5.30. The number of aromatic nitrogens is 3. The van der Waals surface area contributed by atoms with E-state index in [9.17, 15) is 0 Å². The van der Waals surface area contributed by atoms with Gasteiger partial charge in [-0.1, -0.05) is 6.07 Å². The normalized spacial score (nSPS) is 10.3. The molecule has 2 rings (SSSR count). The molecule has 2 aromatic rings. The zero-order valence-electron chi connectivity index (χ0n) is 10.2. The fourth-order valence-corrected chi connectivity index (χ4v) is 1.70. The monoisotopic (exact) mass is 243 g/mol. The fourth-order valence-electron chi connectivity index (χ4n) is 1.70. The lowest BCUT2D eigenvalue weighted by molar-refractivity contribution is 0.712. The Labute approximate surface area is 107 Å². The van der Waals surface area contributed by atoms with Crippen LogP contribution in [-0.4, -0.2) is 28.0 Å². The molecule has 0 radical (unpaired) electrons. The van der Waals surface area contributed by atoms with Crippen molar-refractivity contribution in [2.24, 2.45) is 5.73 Å². The van der Waals surface area contributed by atoms with E-state index in [1.807, 2.05) is 24.4 Å². The highest BCUT2D eigenvalue weighted by atomic mass is 15.2. The zero-order valence-corrected chi connectivity index (χ0v) is 10.2. The van der Waals surface area contributed by atoms with E-state index >= 15 is 0 Å². The first kappa shape index (κ1) is 12.4. The standard InChI is InChI=1S/C13H17N5/c14-5-2-9-18(13-16-7-3-8-17-13)11-12-4-1-6-15-10-12/h1,3-4,6-8,10H,2,5,9,11,14H2. The first-order valence-corrected chi connectivity index (χ1v) is 6.01. The number of hydrogen-bond acceptors (Lipinski definition) is 5. The third-order valence-electron chi connectivity index (χ3n) is 2.56. The second kappa shape index (κ2) is 6.66. The van der Waals surface area contributed by atoms with Crippen LogP contribution in [0.3, 0.4) is 0 Å². The molecule has 5 heteroatoms. The van der Waals surface area contributed by atoms with Crippen LogP contribution in [0.25, 0.3) is 0 Å². The van der Waals surface area contributed by atoms with Crippen molar-refractivity contribution in [2.45, 2.75) is 13.0 Å². The van der Waals surface area contributed by atoms with Crippen molar-refractivity contribution < 1.29 is 0 Å². The van der Waals surface area contributed by atoms with Gasteiger partial charge in [-0.25, -0.2) is 9.97 Å². The van der Waals surface area contributed by atoms with Gasteiger partial charge in [0.25, 0.3) is 0 Å². The van der Waals surface area contributed by atoms with Crippen LogP contribution >= 0.6 is 0 Å². The lowest BCUT2D eigenvalue weighted by atomic mass is 10.2. The first-order chi connectivity index (χ1) is 8.90. The Kier molecular flexibility index (Phi) is 4.60. The summed E-state index contributed by atoms with van der Waals surface area (Å²) in [6.45, 7) is 2.25. The molecule has 0 aromatic carbocycles. The molecule has 0 atom stereocenters. The van der Waals surface area contributed by atoms with Crippen molar-refractivity contribution >= 4 is 5.95 Å². The Hall–Kier alpha value is -2.01. The number of pyridine rings is 1. The van der Waals surface area contributed by atoms with Gasteiger partial charge in [0.05, 0.1) is 0 Å². The molecule has 0 amide bonds. The Morgan fingerprint density at radius 3 is 2.61 bits per heavy atom. The molecular formula is C13H17N5. The maximum atomic E-state index is 5.57. The molecule has 5 nitrogen and oxygen atoms in total. The van der Waals surface area contributed by atoms with Crippen LogP contribution in [0.1, 0.15) is 12.0 Å². The molecule has 0 fully saturated rings. The predicted octanol–water partition coefficient (Wildman–Crippen LogP) is 1.23. The molecule has 0 bridgehead atoms. The van der Waals surface area contributed by atoms with Crippen molar-refractivity contribution in [2.75, 3.05) is 18.0 Å². The second-order valence-corrected chi connectivity index (χ2v) is 3.97. The van der Waals surface area contributed by atoms with E-state index in [1.165, 1.54) is 0 Å². The number of anilines is 1. The van der Waals surface area contributed by atoms with Crippen LogP contribution in [0.2, 0.25) is 0 Å². The minimum absolute atomic E-state index is 0.663. The zero-order chi connectivity index (χ0) is 12.6. The summed E-state index contributed by atoms with van der Waals surface area (Å²) < 4.78 is 0. The number of nitrogens with zero attached hydrogens (tertiary/aromatic N) is 4. The summed E-state index contributed by atoms with van der Waals surface area (Å²) in [7, 11) is 0. The van der Waals surface area contributed by atoms with Gasteiger partial charge in [-0.2, -0.15) is 0 Å². The summed E-state index contributed by atoms with van der Waals surface area (Å²) in [5.74, 6) is 0.731. The Balaban J connectivity index is 2.10. The molecule has 0 unspecified atom stereocenters. The molecule has 0 aliphatic rings. The van der Waals surface area contributed by atoms with Crippen LogP contribution in [0.4, 0.5) is 5.95 Å². The van der Waals surface area contributed by atoms with E-state index in [0.717, 1.165) is 31.0 Å². The average molecular weight is 243 g/mol. The largest absolute Gasteiger partial charge is 0.336 e. The lowest BCUT2D eigenvalue weighted by Gasteiger charge is -2.22. The van der Waals surface area contributed by atoms with Crippen molar-refractivity contribution in [1.82, 2.24) is 15.0 Å². The molecule has 0 saturated heterocycles. The summed E-state index contributed by atoms with van der Waals surface area (Å²) >= 11 is 0. The van der Waals surface area contributed by atoms with E-state index in [1.54, 1.807) is 18.6 Å². The molecule has 0 spiro atoms. The summed E-state index contributed by atoms with van der Waals surface area (Å²) in [4.78, 5) is 14.8. The fraction of sp³-hybridized carbons (Fsp3) is 0.308. The Bertz CT molecular complexity index is 445. The minimum Gasteiger partial charge on any atom is -0.336 e. The van der Waals surface area contributed by atoms with Gasteiger partial charge in [0.2, 0.25) is 5.95 Å². The average Bonchev–Trinajstić information content (AvgIpc) is 2.45. The van der Waals surface area contributed by atoms with Gasteiger partial charge < -0.3 is 10.6 Å². The van der Waals surface area contributed by atoms with Crippen LogP contribution in [-0.2, 0) is 6.54 Å². The quantitative estimate of drug-likeness (QED) is 0.826. The number of nitrogens with two attached hydrogens (primary N) is 1. The predicted molar refractivity (Wildman–Crippen MR) is 71.0 cm³/mol. The first-order valence-electron chi connectivity index (χ1n) is 6.01. The third-order valence-corrected chi connectivity index (χ3v) is 2.56. The molecule has 18 heavy (non-hydrogen) atoms. The van der Waals surface area contributed by atoms with E-state index in [0.29, 0.717) is 6.54 Å². The highest BCUT2D eigenvalue weighted by Gasteiger charge is 2.09. The summed E-state index contributed by atoms with van der Waals surface area (Å²) in [6.07, 6.45) is 8.05. The van der Waals surface area contributed by atoms with Crippen molar-refractivity contribution in [1.29, 1.82) is 0 Å². The molecule has 0 aliphatic carbocycles. The van der Waals surface area contributed by atoms with Crippen LogP contribution in [0, 0.1) is 0 Å². The Morgan fingerprint density at radius 2 is 1.94 bits per heavy atom. The van der Waals surface area contributed by atoms with Gasteiger partial charge >= 0.3 is 0 Å². The maximum Gasteiger partial charge on any atom is 0.225 e. The number of hydrogen-bond donors (Lipinski definition) is 1. The van der Waals surface area contributed by atoms with Gasteiger partial charge in [0.1, 0.15) is 0 Å². The van der Waals surface area contributed by atoms with E-state index in [-0.39, 0.29) is 0 Å². The van der Waals surface area contributed by atoms with Crippen molar-refractivity contribution in [3.8, 4) is 0 Å². The highest BCUT2D eigenvalue weighted by Crippen LogP contribution is 2.10. The second-order valence-electron chi connectivity index (χ2n) is 3.97. The van der Waals surface area contributed by atoms with Gasteiger partial charge in [-0.15, -0.1) is 0 Å². The van der Waals surface area contributed by atoms with E-state index in [2.05, 4.69) is 19.9 Å². The third kappa shape index (κ3) is 3.49. The van der Waals surface area contributed by atoms with E-state index in [4.69, 9.17) is 5.73 Å². The van der Waals surface area contributed by atoms with Gasteiger partial charge in [-0.3, -0.25) is 4.98 Å². The maximum absolute atomic E-state index is 5.57. The topological polar surface area (TPSA) is 67.9 Å². The summed E-state index contributed by atoms with van der Waals surface area (Å²) in [5, 5.41) is 0. The molecule has 0 saturated carbocycles. The van der Waals surface area contributed by atoms with Crippen LogP contribution < -0.4 is 10.6 Å². The number of rotatable bonds is 6. The van der Waals surface area contributed by atoms with Gasteiger partial charge in [0, 0.05) is 37.9 Å². The van der Waals surface area contributed by atoms with Gasteiger partial charge in [0.15, 0.2) is 0 Å². The molecule has 2 heterocycles. The smallest absolute Gasteiger partial charge is 0.225 e. The Morgan fingerprint density at radius 1 is 1.11 bits per heavy atom. The van der Waals surface area contributed by atoms with Crippen LogP contribution in [0.15, 0.2) is 43.0 Å². The lowest BCUT2D eigenvalue weighted by Crippen LogP contribution is -2.27. The van der Waals surface area contributed by atoms with Crippen molar-refractivity contribution in [3.05, 3.63) is 48.5 Å². The molecule has 0 aliphatic heterocycles. The van der Waals surface area contributed by atoms with Gasteiger partial charge in [-0.05, 0) is 30.7 Å². The minimum atomic E-state index is 0.663. The molecule has 2 aromatic heterocycles. The van der Waals surface area contributed by atoms with Crippen molar-refractivity contribution in [3.63, 3.8) is 0 Å². The summed E-state index contributed by atoms with van der Waals surface area (Å²) in [6, 6.07) is 5.79.